The van der Waals surface area contributed by atoms with Gasteiger partial charge in [-0.2, -0.15) is 0 Å². The fourth-order valence-corrected chi connectivity index (χ4v) is 7.93. The molecule has 0 unspecified atom stereocenters. The fraction of sp³-hybridized carbons (Fsp3) is 0. The van der Waals surface area contributed by atoms with Crippen molar-refractivity contribution in [1.29, 1.82) is 0 Å². The normalized spacial score (nSPS) is 11.6. The summed E-state index contributed by atoms with van der Waals surface area (Å²) in [5.74, 6) is 1.80. The first-order valence-electron chi connectivity index (χ1n) is 18.7. The quantitative estimate of drug-likeness (QED) is 0.171. The summed E-state index contributed by atoms with van der Waals surface area (Å²) in [5, 5.41) is 4.30. The zero-order valence-corrected chi connectivity index (χ0v) is 30.1. The van der Waals surface area contributed by atoms with Gasteiger partial charge in [0.25, 0.3) is 0 Å². The van der Waals surface area contributed by atoms with Crippen LogP contribution < -0.4 is 0 Å². The molecule has 11 aromatic rings. The van der Waals surface area contributed by atoms with Crippen molar-refractivity contribution in [2.24, 2.45) is 0 Å². The summed E-state index contributed by atoms with van der Waals surface area (Å²) in [7, 11) is 0. The lowest BCUT2D eigenvalue weighted by Gasteiger charge is -2.12. The van der Waals surface area contributed by atoms with Crippen LogP contribution >= 0.6 is 0 Å². The van der Waals surface area contributed by atoms with Crippen molar-refractivity contribution < 1.29 is 8.83 Å². The average molecular weight is 718 g/mol. The van der Waals surface area contributed by atoms with Gasteiger partial charge in [-0.25, -0.2) is 15.0 Å². The van der Waals surface area contributed by atoms with E-state index < -0.39 is 0 Å². The first kappa shape index (κ1) is 31.9. The molecular formula is C51H31N3O2. The molecule has 5 heteroatoms. The van der Waals surface area contributed by atoms with Crippen LogP contribution in [-0.2, 0) is 0 Å². The van der Waals surface area contributed by atoms with Crippen molar-refractivity contribution in [2.75, 3.05) is 0 Å². The predicted octanol–water partition coefficient (Wildman–Crippen LogP) is 13.7. The molecule has 0 bridgehead atoms. The molecule has 0 aliphatic heterocycles. The smallest absolute Gasteiger partial charge is 0.164 e. The highest BCUT2D eigenvalue weighted by atomic mass is 16.3. The van der Waals surface area contributed by atoms with Crippen molar-refractivity contribution in [3.8, 4) is 67.5 Å². The van der Waals surface area contributed by atoms with Crippen LogP contribution in [0.15, 0.2) is 197 Å². The molecule has 8 aromatic carbocycles. The summed E-state index contributed by atoms with van der Waals surface area (Å²) in [4.78, 5) is 15.0. The molecule has 262 valence electrons. The molecule has 11 rings (SSSR count). The second kappa shape index (κ2) is 13.0. The van der Waals surface area contributed by atoms with E-state index in [1.165, 1.54) is 0 Å². The van der Waals surface area contributed by atoms with E-state index >= 15 is 0 Å². The van der Waals surface area contributed by atoms with Crippen LogP contribution in [0.4, 0.5) is 0 Å². The van der Waals surface area contributed by atoms with E-state index in [1.807, 2.05) is 60.7 Å². The highest BCUT2D eigenvalue weighted by Gasteiger charge is 2.20. The maximum atomic E-state index is 6.64. The van der Waals surface area contributed by atoms with Gasteiger partial charge < -0.3 is 8.83 Å². The number of para-hydroxylation sites is 1. The van der Waals surface area contributed by atoms with E-state index in [4.69, 9.17) is 23.8 Å². The lowest BCUT2D eigenvalue weighted by Crippen LogP contribution is -2.00. The molecule has 0 amide bonds. The summed E-state index contributed by atoms with van der Waals surface area (Å²) >= 11 is 0. The number of hydrogen-bond acceptors (Lipinski definition) is 5. The predicted molar refractivity (Wildman–Crippen MR) is 227 cm³/mol. The highest BCUT2D eigenvalue weighted by Crippen LogP contribution is 2.44. The Bertz CT molecular complexity index is 3240. The zero-order chi connectivity index (χ0) is 37.0. The van der Waals surface area contributed by atoms with Gasteiger partial charge in [0.15, 0.2) is 17.5 Å². The van der Waals surface area contributed by atoms with Crippen LogP contribution in [0.3, 0.4) is 0 Å². The molecule has 0 saturated heterocycles. The molecule has 0 spiro atoms. The van der Waals surface area contributed by atoms with Crippen molar-refractivity contribution in [3.05, 3.63) is 188 Å². The van der Waals surface area contributed by atoms with Crippen LogP contribution in [0.1, 0.15) is 0 Å². The minimum Gasteiger partial charge on any atom is -0.456 e. The average Bonchev–Trinajstić information content (AvgIpc) is 3.85. The highest BCUT2D eigenvalue weighted by molar-refractivity contribution is 6.17. The van der Waals surface area contributed by atoms with Crippen LogP contribution in [0.2, 0.25) is 0 Å². The summed E-state index contributed by atoms with van der Waals surface area (Å²) < 4.78 is 12.9. The van der Waals surface area contributed by atoms with E-state index in [2.05, 4.69) is 127 Å². The van der Waals surface area contributed by atoms with Crippen LogP contribution in [0, 0.1) is 0 Å². The van der Waals surface area contributed by atoms with Crippen molar-refractivity contribution in [3.63, 3.8) is 0 Å². The summed E-state index contributed by atoms with van der Waals surface area (Å²) in [6.45, 7) is 0. The van der Waals surface area contributed by atoms with Gasteiger partial charge in [-0.1, -0.05) is 158 Å². The van der Waals surface area contributed by atoms with Gasteiger partial charge in [0.05, 0.1) is 0 Å². The zero-order valence-electron chi connectivity index (χ0n) is 30.1. The molecule has 3 heterocycles. The maximum Gasteiger partial charge on any atom is 0.164 e. The molecule has 0 N–H and O–H groups in total. The first-order chi connectivity index (χ1) is 27.7. The maximum absolute atomic E-state index is 6.64. The number of fused-ring (bicyclic) bond motifs is 6. The van der Waals surface area contributed by atoms with Gasteiger partial charge in [0.2, 0.25) is 0 Å². The number of rotatable bonds is 6. The molecular weight excluding hydrogens is 687 g/mol. The summed E-state index contributed by atoms with van der Waals surface area (Å²) in [6.07, 6.45) is 0. The lowest BCUT2D eigenvalue weighted by molar-refractivity contribution is 0.668. The lowest BCUT2D eigenvalue weighted by atomic mass is 9.90. The van der Waals surface area contributed by atoms with E-state index in [1.54, 1.807) is 0 Å². The molecule has 0 atom stereocenters. The van der Waals surface area contributed by atoms with E-state index in [0.29, 0.717) is 17.5 Å². The van der Waals surface area contributed by atoms with Crippen LogP contribution in [0.25, 0.3) is 111 Å². The Kier molecular flexibility index (Phi) is 7.42. The molecule has 0 aliphatic carbocycles. The molecule has 5 nitrogen and oxygen atoms in total. The van der Waals surface area contributed by atoms with E-state index in [-0.39, 0.29) is 0 Å². The Morgan fingerprint density at radius 2 is 0.679 bits per heavy atom. The Balaban J connectivity index is 1.04. The minimum absolute atomic E-state index is 0.578. The van der Waals surface area contributed by atoms with Gasteiger partial charge in [-0.05, 0) is 63.7 Å². The molecule has 0 saturated carbocycles. The Morgan fingerprint density at radius 3 is 1.32 bits per heavy atom. The number of aromatic nitrogens is 3. The molecule has 56 heavy (non-hydrogen) atoms. The van der Waals surface area contributed by atoms with Gasteiger partial charge >= 0.3 is 0 Å². The standard InChI is InChI=1S/C51H31N3O2/c1-3-13-32(14-4-1)33-25-27-35(28-26-33)50-52-49(34-15-5-2-6-16-34)53-51(54-50)36-29-30-42-46(31-36)56-45-24-12-21-40(48(42)45)38-18-8-7-17-37(38)39-20-11-23-44-47(39)41-19-9-10-22-43(41)55-44/h1-31H. The Hall–Kier alpha value is -7.63. The molecule has 0 aliphatic rings. The van der Waals surface area contributed by atoms with Gasteiger partial charge in [0.1, 0.15) is 22.3 Å². The SMILES string of the molecule is c1ccc(-c2ccc(-c3nc(-c4ccccc4)nc(-c4ccc5c(c4)oc4cccc(-c6ccccc6-c6cccc7oc8ccccc8c67)c45)n3)cc2)cc1. The fourth-order valence-electron chi connectivity index (χ4n) is 7.93. The van der Waals surface area contributed by atoms with Crippen molar-refractivity contribution in [2.45, 2.75) is 0 Å². The minimum atomic E-state index is 0.578. The molecule has 3 aromatic heterocycles. The van der Waals surface area contributed by atoms with Crippen LogP contribution in [-0.4, -0.2) is 15.0 Å². The number of benzene rings is 8. The Morgan fingerprint density at radius 1 is 0.268 bits per heavy atom. The van der Waals surface area contributed by atoms with Crippen molar-refractivity contribution in [1.82, 2.24) is 15.0 Å². The summed E-state index contributed by atoms with van der Waals surface area (Å²) in [6, 6.07) is 64.5. The van der Waals surface area contributed by atoms with Gasteiger partial charge in [0, 0.05) is 38.2 Å². The van der Waals surface area contributed by atoms with E-state index in [9.17, 15) is 0 Å². The van der Waals surface area contributed by atoms with E-state index in [0.717, 1.165) is 93.9 Å². The third-order valence-electron chi connectivity index (χ3n) is 10.6. The van der Waals surface area contributed by atoms with Gasteiger partial charge in [-0.15, -0.1) is 0 Å². The van der Waals surface area contributed by atoms with Crippen molar-refractivity contribution >= 4 is 43.9 Å². The second-order valence-electron chi connectivity index (χ2n) is 13.9. The molecule has 0 fully saturated rings. The monoisotopic (exact) mass is 717 g/mol. The largest absolute Gasteiger partial charge is 0.456 e. The molecule has 0 radical (unpaired) electrons. The third-order valence-corrected chi connectivity index (χ3v) is 10.6. The number of hydrogen-bond donors (Lipinski definition) is 0. The Labute approximate surface area is 322 Å². The summed E-state index contributed by atoms with van der Waals surface area (Å²) in [5.41, 5.74) is 12.8. The number of nitrogens with zero attached hydrogens (tertiary/aromatic N) is 3. The topological polar surface area (TPSA) is 65.0 Å². The first-order valence-corrected chi connectivity index (χ1v) is 18.7. The van der Waals surface area contributed by atoms with Crippen LogP contribution in [0.5, 0.6) is 0 Å². The number of furan rings is 2. The van der Waals surface area contributed by atoms with Gasteiger partial charge in [-0.3, -0.25) is 0 Å². The second-order valence-corrected chi connectivity index (χ2v) is 13.9. The third kappa shape index (κ3) is 5.37.